The molecule has 2 aromatic rings. The topological polar surface area (TPSA) is 47.3 Å². The highest BCUT2D eigenvalue weighted by molar-refractivity contribution is 5.35. The van der Waals surface area contributed by atoms with Crippen LogP contribution in [0.3, 0.4) is 0 Å². The van der Waals surface area contributed by atoms with Gasteiger partial charge in [-0.2, -0.15) is 0 Å². The van der Waals surface area contributed by atoms with E-state index in [1.54, 1.807) is 0 Å². The number of ether oxygens (including phenoxy) is 1. The summed E-state index contributed by atoms with van der Waals surface area (Å²) >= 11 is 0. The second-order valence-electron chi connectivity index (χ2n) is 5.46. The molecule has 0 radical (unpaired) electrons. The van der Waals surface area contributed by atoms with Crippen LogP contribution < -0.4 is 16.0 Å². The Balaban J connectivity index is 1.98. The third-order valence-corrected chi connectivity index (χ3v) is 3.89. The fraction of sp³-hybridized carbons (Fsp3) is 0.333. The van der Waals surface area contributed by atoms with Gasteiger partial charge in [-0.25, -0.2) is 0 Å². The maximum absolute atomic E-state index is 5.82. The zero-order valence-electron chi connectivity index (χ0n) is 13.0. The summed E-state index contributed by atoms with van der Waals surface area (Å²) in [5.74, 6) is 6.63. The van der Waals surface area contributed by atoms with Gasteiger partial charge in [-0.3, -0.25) is 11.3 Å². The molecule has 1 atom stereocenters. The summed E-state index contributed by atoms with van der Waals surface area (Å²) in [6, 6.07) is 14.5. The van der Waals surface area contributed by atoms with Crippen LogP contribution in [0.15, 0.2) is 42.5 Å². The van der Waals surface area contributed by atoms with E-state index in [1.807, 2.05) is 18.2 Å². The number of hydrogen-bond donors (Lipinski definition) is 2. The average molecular weight is 284 g/mol. The fourth-order valence-corrected chi connectivity index (χ4v) is 2.48. The molecular weight excluding hydrogens is 260 g/mol. The molecule has 0 heterocycles. The van der Waals surface area contributed by atoms with Crippen LogP contribution in [0.25, 0.3) is 0 Å². The Morgan fingerprint density at radius 1 is 1.10 bits per heavy atom. The molecule has 0 amide bonds. The molecule has 3 nitrogen and oxygen atoms in total. The van der Waals surface area contributed by atoms with Crippen molar-refractivity contribution in [2.45, 2.75) is 33.2 Å². The quantitative estimate of drug-likeness (QED) is 0.629. The van der Waals surface area contributed by atoms with E-state index in [0.29, 0.717) is 6.61 Å². The summed E-state index contributed by atoms with van der Waals surface area (Å²) in [6.45, 7) is 6.95. The van der Waals surface area contributed by atoms with Gasteiger partial charge in [0.1, 0.15) is 5.75 Å². The average Bonchev–Trinajstić information content (AvgIpc) is 2.47. The molecular formula is C18H24N2O. The maximum atomic E-state index is 5.82. The highest BCUT2D eigenvalue weighted by atomic mass is 16.5. The number of aryl methyl sites for hydroxylation is 2. The van der Waals surface area contributed by atoms with Gasteiger partial charge in [-0.15, -0.1) is 0 Å². The summed E-state index contributed by atoms with van der Waals surface area (Å²) in [6.07, 6.45) is 0.828. The van der Waals surface area contributed by atoms with Crippen LogP contribution in [0.4, 0.5) is 0 Å². The number of nitrogens with two attached hydrogens (primary N) is 1. The van der Waals surface area contributed by atoms with Gasteiger partial charge < -0.3 is 4.74 Å². The summed E-state index contributed by atoms with van der Waals surface area (Å²) in [5, 5.41) is 0. The molecule has 3 N–H and O–H groups in total. The van der Waals surface area contributed by atoms with Crippen molar-refractivity contribution in [2.24, 2.45) is 5.84 Å². The molecule has 0 bridgehead atoms. The first-order valence-corrected chi connectivity index (χ1v) is 7.33. The van der Waals surface area contributed by atoms with Crippen molar-refractivity contribution in [2.75, 3.05) is 6.61 Å². The molecule has 0 aromatic heterocycles. The lowest BCUT2D eigenvalue weighted by atomic mass is 9.96. The normalized spacial score (nSPS) is 12.2. The minimum absolute atomic E-state index is 0.106. The summed E-state index contributed by atoms with van der Waals surface area (Å²) < 4.78 is 5.82. The largest absolute Gasteiger partial charge is 0.494 e. The first kappa shape index (κ1) is 15.5. The predicted molar refractivity (Wildman–Crippen MR) is 87.3 cm³/mol. The van der Waals surface area contributed by atoms with Crippen LogP contribution in [0, 0.1) is 20.8 Å². The molecule has 0 spiro atoms. The summed E-state index contributed by atoms with van der Waals surface area (Å²) in [7, 11) is 0. The number of hydrogen-bond acceptors (Lipinski definition) is 3. The molecule has 0 saturated heterocycles. The molecule has 0 aliphatic heterocycles. The van der Waals surface area contributed by atoms with Crippen molar-refractivity contribution < 1.29 is 4.74 Å². The lowest BCUT2D eigenvalue weighted by molar-refractivity contribution is 0.287. The minimum atomic E-state index is 0.106. The van der Waals surface area contributed by atoms with Crippen molar-refractivity contribution in [1.82, 2.24) is 5.43 Å². The zero-order valence-corrected chi connectivity index (χ0v) is 13.0. The molecule has 1 unspecified atom stereocenters. The van der Waals surface area contributed by atoms with Crippen molar-refractivity contribution in [3.8, 4) is 5.75 Å². The van der Waals surface area contributed by atoms with Crippen molar-refractivity contribution >= 4 is 0 Å². The molecule has 112 valence electrons. The predicted octanol–water partition coefficient (Wildman–Crippen LogP) is 3.59. The Hall–Kier alpha value is -1.84. The Labute approximate surface area is 127 Å². The molecule has 3 heteroatoms. The van der Waals surface area contributed by atoms with Crippen molar-refractivity contribution in [1.29, 1.82) is 0 Å². The molecule has 0 aliphatic rings. The van der Waals surface area contributed by atoms with Crippen LogP contribution in [0.1, 0.15) is 34.7 Å². The molecule has 2 aromatic carbocycles. The van der Waals surface area contributed by atoms with E-state index in [2.05, 4.69) is 50.5 Å². The SMILES string of the molecule is Cc1cccc(OCCC(NN)c2cccc(C)c2C)c1. The number of nitrogens with one attached hydrogen (secondary N) is 1. The number of rotatable bonds is 6. The minimum Gasteiger partial charge on any atom is -0.494 e. The van der Waals surface area contributed by atoms with Crippen molar-refractivity contribution in [3.63, 3.8) is 0 Å². The van der Waals surface area contributed by atoms with Gasteiger partial charge in [-0.1, -0.05) is 30.3 Å². The molecule has 0 fully saturated rings. The monoisotopic (exact) mass is 284 g/mol. The van der Waals surface area contributed by atoms with Gasteiger partial charge >= 0.3 is 0 Å². The van der Waals surface area contributed by atoms with E-state index in [-0.39, 0.29) is 6.04 Å². The Bertz CT molecular complexity index is 596. The van der Waals surface area contributed by atoms with Gasteiger partial charge in [0.25, 0.3) is 0 Å². The van der Waals surface area contributed by atoms with Gasteiger partial charge in [0, 0.05) is 12.5 Å². The van der Waals surface area contributed by atoms with Gasteiger partial charge in [-0.05, 0) is 55.2 Å². The van der Waals surface area contributed by atoms with Gasteiger partial charge in [0.15, 0.2) is 0 Å². The Kier molecular flexibility index (Phi) is 5.37. The highest BCUT2D eigenvalue weighted by Crippen LogP contribution is 2.23. The summed E-state index contributed by atoms with van der Waals surface area (Å²) in [4.78, 5) is 0. The van der Waals surface area contributed by atoms with Gasteiger partial charge in [0.05, 0.1) is 6.61 Å². The van der Waals surface area contributed by atoms with E-state index in [9.17, 15) is 0 Å². The second kappa shape index (κ2) is 7.25. The van der Waals surface area contributed by atoms with Crippen LogP contribution in [-0.2, 0) is 0 Å². The van der Waals surface area contributed by atoms with E-state index < -0.39 is 0 Å². The van der Waals surface area contributed by atoms with E-state index in [4.69, 9.17) is 10.6 Å². The number of hydrazine groups is 1. The zero-order chi connectivity index (χ0) is 15.2. The molecule has 2 rings (SSSR count). The standard InChI is InChI=1S/C18H24N2O/c1-13-6-4-8-16(12-13)21-11-10-18(20-19)17-9-5-7-14(2)15(17)3/h4-9,12,18,20H,10-11,19H2,1-3H3. The molecule has 0 aliphatic carbocycles. The fourth-order valence-electron chi connectivity index (χ4n) is 2.48. The van der Waals surface area contributed by atoms with E-state index in [0.717, 1.165) is 12.2 Å². The third-order valence-electron chi connectivity index (χ3n) is 3.89. The lowest BCUT2D eigenvalue weighted by Crippen LogP contribution is -2.30. The Morgan fingerprint density at radius 2 is 1.86 bits per heavy atom. The van der Waals surface area contributed by atoms with Crippen LogP contribution in [0.2, 0.25) is 0 Å². The van der Waals surface area contributed by atoms with E-state index >= 15 is 0 Å². The first-order valence-electron chi connectivity index (χ1n) is 7.33. The van der Waals surface area contributed by atoms with Gasteiger partial charge in [0.2, 0.25) is 0 Å². The van der Waals surface area contributed by atoms with Crippen LogP contribution in [0.5, 0.6) is 5.75 Å². The second-order valence-corrected chi connectivity index (χ2v) is 5.46. The van der Waals surface area contributed by atoms with E-state index in [1.165, 1.54) is 22.3 Å². The van der Waals surface area contributed by atoms with Crippen LogP contribution in [-0.4, -0.2) is 6.61 Å². The first-order chi connectivity index (χ1) is 10.1. The smallest absolute Gasteiger partial charge is 0.119 e. The number of benzene rings is 2. The van der Waals surface area contributed by atoms with Crippen molar-refractivity contribution in [3.05, 3.63) is 64.7 Å². The van der Waals surface area contributed by atoms with Crippen LogP contribution >= 0.6 is 0 Å². The lowest BCUT2D eigenvalue weighted by Gasteiger charge is -2.20. The molecule has 0 saturated carbocycles. The highest BCUT2D eigenvalue weighted by Gasteiger charge is 2.13. The molecule has 21 heavy (non-hydrogen) atoms. The summed E-state index contributed by atoms with van der Waals surface area (Å²) in [5.41, 5.74) is 7.92. The maximum Gasteiger partial charge on any atom is 0.119 e. The third kappa shape index (κ3) is 4.06. The Morgan fingerprint density at radius 3 is 2.57 bits per heavy atom.